The van der Waals surface area contributed by atoms with Crippen molar-refractivity contribution in [1.82, 2.24) is 19.7 Å². The normalized spacial score (nSPS) is 18.8. The lowest BCUT2D eigenvalue weighted by Gasteiger charge is -2.28. The maximum Gasteiger partial charge on any atom is 0.147 e. The van der Waals surface area contributed by atoms with Gasteiger partial charge in [0.1, 0.15) is 17.5 Å². The van der Waals surface area contributed by atoms with Crippen LogP contribution in [0, 0.1) is 5.82 Å². The van der Waals surface area contributed by atoms with Crippen LogP contribution < -0.4 is 0 Å². The number of aromatic nitrogens is 3. The fourth-order valence-corrected chi connectivity index (χ4v) is 3.14. The quantitative estimate of drug-likeness (QED) is 0.874. The van der Waals surface area contributed by atoms with E-state index in [2.05, 4.69) is 19.7 Å². The van der Waals surface area contributed by atoms with Gasteiger partial charge >= 0.3 is 0 Å². The Morgan fingerprint density at radius 1 is 1.24 bits per heavy atom. The minimum Gasteiger partial charge on any atom is -0.312 e. The van der Waals surface area contributed by atoms with Crippen LogP contribution in [0.1, 0.15) is 36.0 Å². The molecule has 1 saturated carbocycles. The summed E-state index contributed by atoms with van der Waals surface area (Å²) in [7, 11) is 0. The first-order valence-electron chi connectivity index (χ1n) is 7.29. The summed E-state index contributed by atoms with van der Waals surface area (Å²) >= 11 is 6.10. The highest BCUT2D eigenvalue weighted by Gasteiger charge is 2.32. The van der Waals surface area contributed by atoms with Gasteiger partial charge in [-0.2, -0.15) is 0 Å². The molecule has 2 aromatic rings. The van der Waals surface area contributed by atoms with Gasteiger partial charge in [-0.15, -0.1) is 10.2 Å². The zero-order valence-electron chi connectivity index (χ0n) is 11.6. The van der Waals surface area contributed by atoms with Gasteiger partial charge < -0.3 is 4.57 Å². The number of nitrogens with zero attached hydrogens (tertiary/aromatic N) is 4. The molecule has 6 heteroatoms. The number of fused-ring (bicyclic) bond motifs is 1. The SMILES string of the molecule is Fc1cccc(Cl)c1CN1CCn2c(nnc2C2CC2)C1. The highest BCUT2D eigenvalue weighted by molar-refractivity contribution is 6.31. The second kappa shape index (κ2) is 5.07. The summed E-state index contributed by atoms with van der Waals surface area (Å²) in [6.45, 7) is 2.96. The van der Waals surface area contributed by atoms with Gasteiger partial charge in [-0.1, -0.05) is 17.7 Å². The van der Waals surface area contributed by atoms with E-state index in [1.165, 1.54) is 18.9 Å². The molecule has 0 bridgehead atoms. The summed E-state index contributed by atoms with van der Waals surface area (Å²) in [4.78, 5) is 2.17. The zero-order chi connectivity index (χ0) is 14.4. The van der Waals surface area contributed by atoms with Crippen LogP contribution in [-0.4, -0.2) is 26.2 Å². The van der Waals surface area contributed by atoms with Gasteiger partial charge in [-0.05, 0) is 25.0 Å². The Labute approximate surface area is 127 Å². The molecule has 2 aliphatic rings. The van der Waals surface area contributed by atoms with Crippen molar-refractivity contribution in [2.75, 3.05) is 6.54 Å². The van der Waals surface area contributed by atoms with E-state index < -0.39 is 0 Å². The molecule has 0 saturated heterocycles. The molecular weight excluding hydrogens is 291 g/mol. The maximum absolute atomic E-state index is 13.9. The lowest BCUT2D eigenvalue weighted by Crippen LogP contribution is -2.34. The zero-order valence-corrected chi connectivity index (χ0v) is 12.4. The molecule has 2 heterocycles. The molecule has 0 unspecified atom stereocenters. The van der Waals surface area contributed by atoms with Crippen LogP contribution in [0.5, 0.6) is 0 Å². The number of benzene rings is 1. The second-order valence-electron chi connectivity index (χ2n) is 5.81. The van der Waals surface area contributed by atoms with Crippen LogP contribution in [0.2, 0.25) is 5.02 Å². The van der Waals surface area contributed by atoms with Crippen molar-refractivity contribution >= 4 is 11.6 Å². The van der Waals surface area contributed by atoms with E-state index in [-0.39, 0.29) is 5.82 Å². The summed E-state index contributed by atoms with van der Waals surface area (Å²) in [6, 6.07) is 4.83. The summed E-state index contributed by atoms with van der Waals surface area (Å²) in [5.74, 6) is 2.48. The molecule has 1 aromatic carbocycles. The number of hydrogen-bond acceptors (Lipinski definition) is 3. The molecule has 21 heavy (non-hydrogen) atoms. The smallest absolute Gasteiger partial charge is 0.147 e. The van der Waals surface area contributed by atoms with E-state index in [1.54, 1.807) is 12.1 Å². The number of rotatable bonds is 3. The average Bonchev–Trinajstić information content (AvgIpc) is 3.23. The van der Waals surface area contributed by atoms with Crippen molar-refractivity contribution in [2.24, 2.45) is 0 Å². The summed E-state index contributed by atoms with van der Waals surface area (Å²) in [6.07, 6.45) is 2.46. The van der Waals surface area contributed by atoms with Gasteiger partial charge in [0.15, 0.2) is 0 Å². The van der Waals surface area contributed by atoms with Crippen LogP contribution in [0.3, 0.4) is 0 Å². The van der Waals surface area contributed by atoms with Gasteiger partial charge in [0.2, 0.25) is 0 Å². The maximum atomic E-state index is 13.9. The predicted octanol–water partition coefficient (Wildman–Crippen LogP) is 2.96. The van der Waals surface area contributed by atoms with E-state index >= 15 is 0 Å². The largest absolute Gasteiger partial charge is 0.312 e. The van der Waals surface area contributed by atoms with Crippen molar-refractivity contribution in [1.29, 1.82) is 0 Å². The molecule has 110 valence electrons. The van der Waals surface area contributed by atoms with Crippen LogP contribution in [0.4, 0.5) is 4.39 Å². The van der Waals surface area contributed by atoms with Gasteiger partial charge in [0, 0.05) is 36.1 Å². The molecule has 0 amide bonds. The van der Waals surface area contributed by atoms with Crippen molar-refractivity contribution in [2.45, 2.75) is 38.4 Å². The fourth-order valence-electron chi connectivity index (χ4n) is 2.92. The Bertz CT molecular complexity index is 660. The number of hydrogen-bond donors (Lipinski definition) is 0. The first-order chi connectivity index (χ1) is 10.2. The van der Waals surface area contributed by atoms with Crippen molar-refractivity contribution in [3.05, 3.63) is 46.3 Å². The molecular formula is C15H16ClFN4. The minimum atomic E-state index is -0.242. The Balaban J connectivity index is 1.53. The van der Waals surface area contributed by atoms with E-state index in [0.29, 0.717) is 29.6 Å². The van der Waals surface area contributed by atoms with E-state index in [0.717, 1.165) is 24.7 Å². The van der Waals surface area contributed by atoms with Gasteiger partial charge in [0.05, 0.1) is 6.54 Å². The Morgan fingerprint density at radius 3 is 2.86 bits per heavy atom. The third kappa shape index (κ3) is 2.45. The van der Waals surface area contributed by atoms with Gasteiger partial charge in [-0.3, -0.25) is 4.90 Å². The molecule has 4 nitrogen and oxygen atoms in total. The lowest BCUT2D eigenvalue weighted by molar-refractivity contribution is 0.205. The van der Waals surface area contributed by atoms with Crippen LogP contribution in [0.15, 0.2) is 18.2 Å². The molecule has 4 rings (SSSR count). The van der Waals surface area contributed by atoms with Crippen LogP contribution in [-0.2, 0) is 19.6 Å². The predicted molar refractivity (Wildman–Crippen MR) is 77.5 cm³/mol. The number of halogens is 2. The van der Waals surface area contributed by atoms with E-state index in [4.69, 9.17) is 11.6 Å². The molecule has 0 radical (unpaired) electrons. The molecule has 1 aliphatic heterocycles. The third-order valence-corrected chi connectivity index (χ3v) is 4.60. The molecule has 0 atom stereocenters. The summed E-state index contributed by atoms with van der Waals surface area (Å²) in [5, 5.41) is 9.11. The molecule has 1 fully saturated rings. The first-order valence-corrected chi connectivity index (χ1v) is 7.67. The standard InChI is InChI=1S/C15H16ClFN4/c16-12-2-1-3-13(17)11(12)8-20-6-7-21-14(9-20)18-19-15(21)10-4-5-10/h1-3,10H,4-9H2. The Hall–Kier alpha value is -1.46. The average molecular weight is 307 g/mol. The Kier molecular flexibility index (Phi) is 3.19. The molecule has 1 aliphatic carbocycles. The summed E-state index contributed by atoms with van der Waals surface area (Å²) < 4.78 is 16.1. The monoisotopic (exact) mass is 306 g/mol. The fraction of sp³-hybridized carbons (Fsp3) is 0.467. The lowest BCUT2D eigenvalue weighted by atomic mass is 10.2. The van der Waals surface area contributed by atoms with E-state index in [9.17, 15) is 4.39 Å². The van der Waals surface area contributed by atoms with Crippen LogP contribution in [0.25, 0.3) is 0 Å². The van der Waals surface area contributed by atoms with Crippen molar-refractivity contribution < 1.29 is 4.39 Å². The summed E-state index contributed by atoms with van der Waals surface area (Å²) in [5.41, 5.74) is 0.564. The Morgan fingerprint density at radius 2 is 2.10 bits per heavy atom. The first kappa shape index (κ1) is 13.2. The molecule has 1 aromatic heterocycles. The van der Waals surface area contributed by atoms with Crippen molar-refractivity contribution in [3.63, 3.8) is 0 Å². The second-order valence-corrected chi connectivity index (χ2v) is 6.22. The van der Waals surface area contributed by atoms with E-state index in [1.807, 2.05) is 0 Å². The molecule has 0 spiro atoms. The highest BCUT2D eigenvalue weighted by atomic mass is 35.5. The topological polar surface area (TPSA) is 34.0 Å². The van der Waals surface area contributed by atoms with Crippen LogP contribution >= 0.6 is 11.6 Å². The van der Waals surface area contributed by atoms with Gasteiger partial charge in [-0.25, -0.2) is 4.39 Å². The van der Waals surface area contributed by atoms with Crippen molar-refractivity contribution in [3.8, 4) is 0 Å². The minimum absolute atomic E-state index is 0.242. The third-order valence-electron chi connectivity index (χ3n) is 4.25. The van der Waals surface area contributed by atoms with Gasteiger partial charge in [0.25, 0.3) is 0 Å². The highest BCUT2D eigenvalue weighted by Crippen LogP contribution is 2.39. The molecule has 0 N–H and O–H groups in total.